The van der Waals surface area contributed by atoms with Crippen molar-refractivity contribution in [2.45, 2.75) is 0 Å². The summed E-state index contributed by atoms with van der Waals surface area (Å²) in [6.07, 6.45) is 1.56. The highest BCUT2D eigenvalue weighted by Crippen LogP contribution is 2.31. The fourth-order valence-electron chi connectivity index (χ4n) is 1.96. The number of pyridine rings is 1. The summed E-state index contributed by atoms with van der Waals surface area (Å²) < 4.78 is 10.7. The van der Waals surface area contributed by atoms with Crippen molar-refractivity contribution in [3.05, 3.63) is 52.8 Å². The molecule has 0 unspecified atom stereocenters. The molecule has 0 aliphatic carbocycles. The molecule has 3 rings (SSSR count). The standard InChI is InChI=1S/C15H11NO4/c1-19-14-7-9(4-5-11(14)17)13-8-12(18)10-3-2-6-16-15(10)20-13/h2-8,17H,1H3. The molecule has 0 amide bonds. The molecule has 5 nitrogen and oxygen atoms in total. The van der Waals surface area contributed by atoms with Gasteiger partial charge in [0.1, 0.15) is 5.76 Å². The van der Waals surface area contributed by atoms with Crippen LogP contribution >= 0.6 is 0 Å². The number of phenolic OH excluding ortho intramolecular Hbond substituents is 1. The Labute approximate surface area is 114 Å². The van der Waals surface area contributed by atoms with Crippen LogP contribution in [0.5, 0.6) is 11.5 Å². The van der Waals surface area contributed by atoms with Gasteiger partial charge in [0.15, 0.2) is 16.9 Å². The van der Waals surface area contributed by atoms with Crippen molar-refractivity contribution >= 4 is 11.1 Å². The fraction of sp³-hybridized carbons (Fsp3) is 0.0667. The normalized spacial score (nSPS) is 10.7. The Bertz CT molecular complexity index is 839. The minimum Gasteiger partial charge on any atom is -0.504 e. The third kappa shape index (κ3) is 1.99. The third-order valence-electron chi connectivity index (χ3n) is 2.97. The van der Waals surface area contributed by atoms with Crippen LogP contribution in [0.4, 0.5) is 0 Å². The number of fused-ring (bicyclic) bond motifs is 1. The average Bonchev–Trinajstić information content (AvgIpc) is 2.47. The van der Waals surface area contributed by atoms with Gasteiger partial charge in [0.05, 0.1) is 12.5 Å². The van der Waals surface area contributed by atoms with Gasteiger partial charge in [-0.15, -0.1) is 0 Å². The Hall–Kier alpha value is -2.82. The molecule has 0 saturated carbocycles. The third-order valence-corrected chi connectivity index (χ3v) is 2.97. The van der Waals surface area contributed by atoms with Crippen LogP contribution in [0.2, 0.25) is 0 Å². The van der Waals surface area contributed by atoms with Gasteiger partial charge in [0, 0.05) is 17.8 Å². The van der Waals surface area contributed by atoms with E-state index in [9.17, 15) is 9.90 Å². The predicted molar refractivity (Wildman–Crippen MR) is 73.9 cm³/mol. The van der Waals surface area contributed by atoms with E-state index in [1.54, 1.807) is 30.5 Å². The van der Waals surface area contributed by atoms with Gasteiger partial charge in [-0.2, -0.15) is 0 Å². The Morgan fingerprint density at radius 2 is 2.10 bits per heavy atom. The molecule has 0 spiro atoms. The number of hydrogen-bond donors (Lipinski definition) is 1. The van der Waals surface area contributed by atoms with E-state index in [1.165, 1.54) is 19.2 Å². The Morgan fingerprint density at radius 3 is 2.90 bits per heavy atom. The van der Waals surface area contributed by atoms with Crippen LogP contribution in [0.25, 0.3) is 22.4 Å². The summed E-state index contributed by atoms with van der Waals surface area (Å²) in [5.74, 6) is 0.711. The maximum absolute atomic E-state index is 12.0. The van der Waals surface area contributed by atoms with E-state index in [0.717, 1.165) is 0 Å². The Morgan fingerprint density at radius 1 is 1.25 bits per heavy atom. The van der Waals surface area contributed by atoms with Crippen LogP contribution in [0.1, 0.15) is 0 Å². The van der Waals surface area contributed by atoms with Crippen LogP contribution in [0.15, 0.2) is 51.8 Å². The van der Waals surface area contributed by atoms with E-state index in [4.69, 9.17) is 9.15 Å². The molecule has 0 fully saturated rings. The first-order valence-corrected chi connectivity index (χ1v) is 5.95. The minimum atomic E-state index is -0.165. The van der Waals surface area contributed by atoms with Crippen LogP contribution in [0.3, 0.4) is 0 Å². The van der Waals surface area contributed by atoms with E-state index in [-0.39, 0.29) is 16.9 Å². The number of aromatic nitrogens is 1. The van der Waals surface area contributed by atoms with Gasteiger partial charge in [-0.3, -0.25) is 4.79 Å². The first kappa shape index (κ1) is 12.2. The zero-order chi connectivity index (χ0) is 14.1. The number of methoxy groups -OCH3 is 1. The molecule has 2 aromatic heterocycles. The summed E-state index contributed by atoms with van der Waals surface area (Å²) in [5.41, 5.74) is 0.743. The average molecular weight is 269 g/mol. The van der Waals surface area contributed by atoms with Crippen LogP contribution in [0, 0.1) is 0 Å². The van der Waals surface area contributed by atoms with E-state index >= 15 is 0 Å². The zero-order valence-corrected chi connectivity index (χ0v) is 10.7. The van der Waals surface area contributed by atoms with E-state index < -0.39 is 0 Å². The number of phenols is 1. The van der Waals surface area contributed by atoms with Crippen molar-refractivity contribution in [1.82, 2.24) is 4.98 Å². The molecule has 0 aliphatic heterocycles. The smallest absolute Gasteiger partial charge is 0.230 e. The summed E-state index contributed by atoms with van der Waals surface area (Å²) in [6, 6.07) is 9.47. The topological polar surface area (TPSA) is 72.6 Å². The highest BCUT2D eigenvalue weighted by molar-refractivity contribution is 5.75. The lowest BCUT2D eigenvalue weighted by atomic mass is 10.1. The second-order valence-corrected chi connectivity index (χ2v) is 4.22. The molecule has 100 valence electrons. The SMILES string of the molecule is COc1cc(-c2cc(=O)c3cccnc3o2)ccc1O. The summed E-state index contributed by atoms with van der Waals surface area (Å²) >= 11 is 0. The molecule has 0 aliphatic rings. The molecular formula is C15H11NO4. The molecule has 1 aromatic carbocycles. The number of hydrogen-bond acceptors (Lipinski definition) is 5. The van der Waals surface area contributed by atoms with Gasteiger partial charge < -0.3 is 14.3 Å². The molecule has 20 heavy (non-hydrogen) atoms. The van der Waals surface area contributed by atoms with E-state index in [0.29, 0.717) is 22.5 Å². The van der Waals surface area contributed by atoms with E-state index in [1.807, 2.05) is 0 Å². The summed E-state index contributed by atoms with van der Waals surface area (Å²) in [5, 5.41) is 10.0. The molecule has 0 radical (unpaired) electrons. The lowest BCUT2D eigenvalue weighted by Crippen LogP contribution is -2.01. The van der Waals surface area contributed by atoms with Crippen LogP contribution in [-0.2, 0) is 0 Å². The first-order valence-electron chi connectivity index (χ1n) is 5.95. The highest BCUT2D eigenvalue weighted by atomic mass is 16.5. The predicted octanol–water partition coefficient (Wildman–Crippen LogP) is 2.57. The Balaban J connectivity index is 2.22. The Kier molecular flexibility index (Phi) is 2.87. The van der Waals surface area contributed by atoms with Crippen molar-refractivity contribution in [3.8, 4) is 22.8 Å². The van der Waals surface area contributed by atoms with Crippen LogP contribution < -0.4 is 10.2 Å². The molecular weight excluding hydrogens is 258 g/mol. The second kappa shape index (κ2) is 4.70. The monoisotopic (exact) mass is 269 g/mol. The number of benzene rings is 1. The molecule has 0 bridgehead atoms. The number of nitrogens with zero attached hydrogens (tertiary/aromatic N) is 1. The second-order valence-electron chi connectivity index (χ2n) is 4.22. The van der Waals surface area contributed by atoms with Gasteiger partial charge in [-0.1, -0.05) is 0 Å². The quantitative estimate of drug-likeness (QED) is 0.774. The van der Waals surface area contributed by atoms with E-state index in [2.05, 4.69) is 4.98 Å². The van der Waals surface area contributed by atoms with Crippen molar-refractivity contribution < 1.29 is 14.3 Å². The molecule has 3 aromatic rings. The maximum atomic E-state index is 12.0. The van der Waals surface area contributed by atoms with Gasteiger partial charge >= 0.3 is 0 Å². The summed E-state index contributed by atoms with van der Waals surface area (Å²) in [4.78, 5) is 16.1. The minimum absolute atomic E-state index is 0.0255. The lowest BCUT2D eigenvalue weighted by Gasteiger charge is -2.06. The lowest BCUT2D eigenvalue weighted by molar-refractivity contribution is 0.373. The highest BCUT2D eigenvalue weighted by Gasteiger charge is 2.10. The molecule has 0 saturated heterocycles. The first-order chi connectivity index (χ1) is 9.69. The van der Waals surface area contributed by atoms with Crippen LogP contribution in [-0.4, -0.2) is 17.2 Å². The molecule has 0 atom stereocenters. The van der Waals surface area contributed by atoms with Gasteiger partial charge in [-0.05, 0) is 30.3 Å². The van der Waals surface area contributed by atoms with Crippen molar-refractivity contribution in [1.29, 1.82) is 0 Å². The molecule has 1 N–H and O–H groups in total. The summed E-state index contributed by atoms with van der Waals surface area (Å²) in [6.45, 7) is 0. The fourth-order valence-corrected chi connectivity index (χ4v) is 1.96. The number of ether oxygens (including phenoxy) is 1. The van der Waals surface area contributed by atoms with Gasteiger partial charge in [-0.25, -0.2) is 4.98 Å². The van der Waals surface area contributed by atoms with Crippen molar-refractivity contribution in [3.63, 3.8) is 0 Å². The van der Waals surface area contributed by atoms with Gasteiger partial charge in [0.2, 0.25) is 5.71 Å². The molecule has 2 heterocycles. The molecule has 5 heteroatoms. The maximum Gasteiger partial charge on any atom is 0.230 e. The van der Waals surface area contributed by atoms with Gasteiger partial charge in [0.25, 0.3) is 0 Å². The van der Waals surface area contributed by atoms with Crippen molar-refractivity contribution in [2.24, 2.45) is 0 Å². The zero-order valence-electron chi connectivity index (χ0n) is 10.7. The van der Waals surface area contributed by atoms with Crippen molar-refractivity contribution in [2.75, 3.05) is 7.11 Å². The summed E-state index contributed by atoms with van der Waals surface area (Å²) in [7, 11) is 1.46. The number of aromatic hydroxyl groups is 1. The number of rotatable bonds is 2. The largest absolute Gasteiger partial charge is 0.504 e.